The van der Waals surface area contributed by atoms with Crippen LogP contribution in [0.3, 0.4) is 0 Å². The molecule has 0 aliphatic carbocycles. The number of hydrogen-bond donors (Lipinski definition) is 2. The van der Waals surface area contributed by atoms with Gasteiger partial charge in [-0.15, -0.1) is 11.8 Å². The third kappa shape index (κ3) is 5.18. The van der Waals surface area contributed by atoms with E-state index in [0.29, 0.717) is 29.2 Å². The van der Waals surface area contributed by atoms with Crippen LogP contribution in [0.1, 0.15) is 33.8 Å². The molecule has 0 saturated carbocycles. The average Bonchev–Trinajstić information content (AvgIpc) is 3.14. The molecule has 1 heterocycles. The predicted molar refractivity (Wildman–Crippen MR) is 127 cm³/mol. The lowest BCUT2D eigenvalue weighted by Gasteiger charge is -2.24. The largest absolute Gasteiger partial charge is 0.326 e. The molecule has 6 nitrogen and oxygen atoms in total. The second-order valence-corrected chi connectivity index (χ2v) is 8.58. The number of anilines is 2. The van der Waals surface area contributed by atoms with Crippen molar-refractivity contribution in [3.63, 3.8) is 0 Å². The molecule has 3 amide bonds. The first kappa shape index (κ1) is 21.6. The van der Waals surface area contributed by atoms with Crippen molar-refractivity contribution >= 4 is 40.9 Å². The molecular weight excluding hydrogens is 422 g/mol. The summed E-state index contributed by atoms with van der Waals surface area (Å²) in [6, 6.07) is 24.3. The molecule has 1 atom stereocenters. The Bertz CT molecular complexity index is 1130. The number of thioether (sulfide) groups is 1. The highest BCUT2D eigenvalue weighted by Crippen LogP contribution is 2.39. The Labute approximate surface area is 191 Å². The zero-order valence-corrected chi connectivity index (χ0v) is 18.4. The van der Waals surface area contributed by atoms with E-state index in [1.165, 1.54) is 6.92 Å². The number of nitrogens with zero attached hydrogens (tertiary/aromatic N) is 1. The summed E-state index contributed by atoms with van der Waals surface area (Å²) in [4.78, 5) is 38.2. The first-order chi connectivity index (χ1) is 15.5. The van der Waals surface area contributed by atoms with Crippen LogP contribution < -0.4 is 10.6 Å². The summed E-state index contributed by atoms with van der Waals surface area (Å²) >= 11 is 1.60. The van der Waals surface area contributed by atoms with Gasteiger partial charge in [-0.25, -0.2) is 0 Å². The highest BCUT2D eigenvalue weighted by Gasteiger charge is 2.32. The maximum absolute atomic E-state index is 12.7. The van der Waals surface area contributed by atoms with Crippen LogP contribution in [0.2, 0.25) is 0 Å². The van der Waals surface area contributed by atoms with Crippen LogP contribution in [0.5, 0.6) is 0 Å². The fraction of sp³-hybridized carbons (Fsp3) is 0.160. The Morgan fingerprint density at radius 3 is 2.31 bits per heavy atom. The highest BCUT2D eigenvalue weighted by atomic mass is 32.2. The van der Waals surface area contributed by atoms with Crippen molar-refractivity contribution < 1.29 is 14.4 Å². The van der Waals surface area contributed by atoms with Gasteiger partial charge in [0, 0.05) is 30.4 Å². The van der Waals surface area contributed by atoms with Gasteiger partial charge in [0.25, 0.3) is 5.91 Å². The molecular formula is C25H23N3O3S. The summed E-state index contributed by atoms with van der Waals surface area (Å²) in [5, 5.41) is 5.47. The molecule has 1 saturated heterocycles. The standard InChI is InChI=1S/C25H23N3O3S/c1-17(29)26-21-8-5-9-22(14-21)27-24(31)19-10-12-20(13-11-19)25-28(23(30)16-32-25)15-18-6-3-2-4-7-18/h2-14,25H,15-16H2,1H3,(H,26,29)(H,27,31)/t25-/m0/s1. The predicted octanol–water partition coefficient (Wildman–Crippen LogP) is 4.67. The highest BCUT2D eigenvalue weighted by molar-refractivity contribution is 8.00. The smallest absolute Gasteiger partial charge is 0.255 e. The van der Waals surface area contributed by atoms with Crippen molar-refractivity contribution in [3.05, 3.63) is 95.6 Å². The van der Waals surface area contributed by atoms with E-state index in [2.05, 4.69) is 10.6 Å². The van der Waals surface area contributed by atoms with E-state index in [4.69, 9.17) is 0 Å². The maximum atomic E-state index is 12.7. The minimum atomic E-state index is -0.243. The molecule has 3 aromatic rings. The van der Waals surface area contributed by atoms with Crippen molar-refractivity contribution in [2.45, 2.75) is 18.8 Å². The Balaban J connectivity index is 1.45. The minimum absolute atomic E-state index is 0.0749. The van der Waals surface area contributed by atoms with Gasteiger partial charge in [0.05, 0.1) is 5.75 Å². The van der Waals surface area contributed by atoms with Crippen LogP contribution in [-0.2, 0) is 16.1 Å². The quantitative estimate of drug-likeness (QED) is 0.578. The second-order valence-electron chi connectivity index (χ2n) is 7.51. The third-order valence-electron chi connectivity index (χ3n) is 5.06. The lowest BCUT2D eigenvalue weighted by Crippen LogP contribution is -2.27. The van der Waals surface area contributed by atoms with Crippen LogP contribution in [0.15, 0.2) is 78.9 Å². The van der Waals surface area contributed by atoms with E-state index in [1.54, 1.807) is 48.2 Å². The molecule has 1 aliphatic heterocycles. The lowest BCUT2D eigenvalue weighted by atomic mass is 10.1. The Hall–Kier alpha value is -3.58. The second kappa shape index (κ2) is 9.70. The summed E-state index contributed by atoms with van der Waals surface area (Å²) in [6.45, 7) is 1.99. The van der Waals surface area contributed by atoms with E-state index >= 15 is 0 Å². The Morgan fingerprint density at radius 2 is 1.62 bits per heavy atom. The van der Waals surface area contributed by atoms with Crippen LogP contribution in [0, 0.1) is 0 Å². The van der Waals surface area contributed by atoms with Crippen LogP contribution in [0.4, 0.5) is 11.4 Å². The van der Waals surface area contributed by atoms with Crippen molar-refractivity contribution in [1.82, 2.24) is 4.90 Å². The fourth-order valence-electron chi connectivity index (χ4n) is 3.56. The SMILES string of the molecule is CC(=O)Nc1cccc(NC(=O)c2ccc([C@@H]3SCC(=O)N3Cc3ccccc3)cc2)c1. The molecule has 7 heteroatoms. The van der Waals surface area contributed by atoms with Gasteiger partial charge in [0.1, 0.15) is 5.37 Å². The van der Waals surface area contributed by atoms with Gasteiger partial charge in [-0.2, -0.15) is 0 Å². The first-order valence-electron chi connectivity index (χ1n) is 10.2. The topological polar surface area (TPSA) is 78.5 Å². The van der Waals surface area contributed by atoms with Gasteiger partial charge in [-0.3, -0.25) is 14.4 Å². The number of hydrogen-bond acceptors (Lipinski definition) is 4. The number of carbonyl (C=O) groups excluding carboxylic acids is 3. The molecule has 0 aromatic heterocycles. The van der Waals surface area contributed by atoms with Gasteiger partial charge in [-0.1, -0.05) is 48.5 Å². The zero-order chi connectivity index (χ0) is 22.5. The number of rotatable bonds is 6. The molecule has 0 bridgehead atoms. The summed E-state index contributed by atoms with van der Waals surface area (Å²) in [5.74, 6) is 0.149. The molecule has 162 valence electrons. The molecule has 3 aromatic carbocycles. The molecule has 0 radical (unpaired) electrons. The monoisotopic (exact) mass is 445 g/mol. The van der Waals surface area contributed by atoms with Crippen molar-refractivity contribution in [1.29, 1.82) is 0 Å². The molecule has 0 spiro atoms. The van der Waals surface area contributed by atoms with Crippen molar-refractivity contribution in [3.8, 4) is 0 Å². The van der Waals surface area contributed by atoms with Gasteiger partial charge in [0.2, 0.25) is 11.8 Å². The summed E-state index contributed by atoms with van der Waals surface area (Å²) in [7, 11) is 0. The van der Waals surface area contributed by atoms with Crippen LogP contribution in [0.25, 0.3) is 0 Å². The van der Waals surface area contributed by atoms with Crippen molar-refractivity contribution in [2.24, 2.45) is 0 Å². The van der Waals surface area contributed by atoms with E-state index < -0.39 is 0 Å². The fourth-order valence-corrected chi connectivity index (χ4v) is 4.75. The number of nitrogens with one attached hydrogen (secondary N) is 2. The maximum Gasteiger partial charge on any atom is 0.255 e. The number of benzene rings is 3. The third-order valence-corrected chi connectivity index (χ3v) is 6.32. The summed E-state index contributed by atoms with van der Waals surface area (Å²) < 4.78 is 0. The molecule has 4 rings (SSSR count). The number of carbonyl (C=O) groups is 3. The van der Waals surface area contributed by atoms with Gasteiger partial charge < -0.3 is 15.5 Å². The lowest BCUT2D eigenvalue weighted by molar-refractivity contribution is -0.128. The Kier molecular flexibility index (Phi) is 6.56. The molecule has 1 fully saturated rings. The van der Waals surface area contributed by atoms with E-state index in [1.807, 2.05) is 47.4 Å². The molecule has 0 unspecified atom stereocenters. The van der Waals surface area contributed by atoms with E-state index in [-0.39, 0.29) is 23.1 Å². The summed E-state index contributed by atoms with van der Waals surface area (Å²) in [6.07, 6.45) is 0. The van der Waals surface area contributed by atoms with Crippen LogP contribution >= 0.6 is 11.8 Å². The van der Waals surface area contributed by atoms with E-state index in [0.717, 1.165) is 11.1 Å². The normalized spacial score (nSPS) is 15.5. The van der Waals surface area contributed by atoms with Gasteiger partial charge in [0.15, 0.2) is 0 Å². The first-order valence-corrected chi connectivity index (χ1v) is 11.3. The molecule has 32 heavy (non-hydrogen) atoms. The average molecular weight is 446 g/mol. The van der Waals surface area contributed by atoms with Crippen molar-refractivity contribution in [2.75, 3.05) is 16.4 Å². The molecule has 2 N–H and O–H groups in total. The minimum Gasteiger partial charge on any atom is -0.326 e. The van der Waals surface area contributed by atoms with Crippen LogP contribution in [-0.4, -0.2) is 28.4 Å². The Morgan fingerprint density at radius 1 is 0.938 bits per heavy atom. The summed E-state index contributed by atoms with van der Waals surface area (Å²) in [5.41, 5.74) is 3.80. The van der Waals surface area contributed by atoms with Gasteiger partial charge >= 0.3 is 0 Å². The molecule has 1 aliphatic rings. The zero-order valence-electron chi connectivity index (χ0n) is 17.6. The van der Waals surface area contributed by atoms with Gasteiger partial charge in [-0.05, 0) is 41.5 Å². The number of amides is 3. The van der Waals surface area contributed by atoms with E-state index in [9.17, 15) is 14.4 Å².